The largest absolute Gasteiger partial charge is 0.357 e. The minimum Gasteiger partial charge on any atom is -0.357 e. The Morgan fingerprint density at radius 2 is 1.96 bits per heavy atom. The molecule has 0 unspecified atom stereocenters. The SMILES string of the molecule is CCNC(=NCc1c(C)nn(C)c1C)NCC(C)(C)c1cccc(F)c1.I. The summed E-state index contributed by atoms with van der Waals surface area (Å²) < 4.78 is 15.4. The molecule has 0 saturated carbocycles. The highest BCUT2D eigenvalue weighted by molar-refractivity contribution is 14.0. The van der Waals surface area contributed by atoms with Gasteiger partial charge < -0.3 is 10.6 Å². The highest BCUT2D eigenvalue weighted by atomic mass is 127. The molecule has 0 amide bonds. The normalized spacial score (nSPS) is 11.9. The van der Waals surface area contributed by atoms with Gasteiger partial charge in [0.05, 0.1) is 12.2 Å². The standard InChI is InChI=1S/C20H30FN5.HI/c1-7-22-19(23-12-18-14(2)25-26(6)15(18)3)24-13-20(4,5)16-9-8-10-17(21)11-16;/h8-11H,7,12-13H2,1-6H3,(H2,22,23,24);1H. The van der Waals surface area contributed by atoms with Gasteiger partial charge in [0, 0.05) is 36.8 Å². The van der Waals surface area contributed by atoms with Gasteiger partial charge in [-0.1, -0.05) is 26.0 Å². The number of benzene rings is 1. The number of nitrogens with one attached hydrogen (secondary N) is 2. The fourth-order valence-electron chi connectivity index (χ4n) is 2.86. The maximum Gasteiger partial charge on any atom is 0.191 e. The van der Waals surface area contributed by atoms with E-state index in [1.165, 1.54) is 6.07 Å². The second kappa shape index (κ2) is 10.1. The molecule has 2 N–H and O–H groups in total. The van der Waals surface area contributed by atoms with Crippen LogP contribution in [0.4, 0.5) is 4.39 Å². The second-order valence-electron chi connectivity index (χ2n) is 7.22. The van der Waals surface area contributed by atoms with Gasteiger partial charge in [-0.05, 0) is 38.5 Å². The molecule has 0 fully saturated rings. The number of aliphatic imine (C=N–C) groups is 1. The third kappa shape index (κ3) is 6.19. The molecule has 2 aromatic rings. The van der Waals surface area contributed by atoms with Gasteiger partial charge in [0.1, 0.15) is 5.82 Å². The fraction of sp³-hybridized carbons (Fsp3) is 0.500. The highest BCUT2D eigenvalue weighted by Gasteiger charge is 2.21. The lowest BCUT2D eigenvalue weighted by atomic mass is 9.84. The zero-order chi connectivity index (χ0) is 19.3. The van der Waals surface area contributed by atoms with E-state index in [1.54, 1.807) is 12.1 Å². The summed E-state index contributed by atoms with van der Waals surface area (Å²) in [5.74, 6) is 0.540. The van der Waals surface area contributed by atoms with Crippen LogP contribution in [0.5, 0.6) is 0 Å². The topological polar surface area (TPSA) is 54.2 Å². The number of hydrogen-bond donors (Lipinski definition) is 2. The van der Waals surface area contributed by atoms with Crippen LogP contribution >= 0.6 is 24.0 Å². The Morgan fingerprint density at radius 1 is 1.26 bits per heavy atom. The first-order chi connectivity index (χ1) is 12.2. The number of hydrogen-bond acceptors (Lipinski definition) is 2. The molecule has 1 aromatic heterocycles. The zero-order valence-corrected chi connectivity index (χ0v) is 19.4. The van der Waals surface area contributed by atoms with Gasteiger partial charge >= 0.3 is 0 Å². The van der Waals surface area contributed by atoms with Crippen LogP contribution in [0, 0.1) is 19.7 Å². The number of aromatic nitrogens is 2. The van der Waals surface area contributed by atoms with Crippen molar-refractivity contribution in [3.8, 4) is 0 Å². The Labute approximate surface area is 178 Å². The first-order valence-electron chi connectivity index (χ1n) is 9.02. The van der Waals surface area contributed by atoms with Crippen molar-refractivity contribution in [2.75, 3.05) is 13.1 Å². The lowest BCUT2D eigenvalue weighted by molar-refractivity contribution is 0.503. The van der Waals surface area contributed by atoms with E-state index < -0.39 is 0 Å². The summed E-state index contributed by atoms with van der Waals surface area (Å²) in [7, 11) is 1.94. The van der Waals surface area contributed by atoms with Gasteiger partial charge in [-0.3, -0.25) is 4.68 Å². The Morgan fingerprint density at radius 3 is 2.52 bits per heavy atom. The lowest BCUT2D eigenvalue weighted by Gasteiger charge is -2.27. The first-order valence-corrected chi connectivity index (χ1v) is 9.02. The van der Waals surface area contributed by atoms with Crippen molar-refractivity contribution >= 4 is 29.9 Å². The molecule has 0 atom stereocenters. The summed E-state index contributed by atoms with van der Waals surface area (Å²) >= 11 is 0. The van der Waals surface area contributed by atoms with E-state index in [9.17, 15) is 4.39 Å². The van der Waals surface area contributed by atoms with Crippen molar-refractivity contribution in [3.63, 3.8) is 0 Å². The number of rotatable bonds is 6. The van der Waals surface area contributed by atoms with Crippen molar-refractivity contribution < 1.29 is 4.39 Å². The van der Waals surface area contributed by atoms with Crippen molar-refractivity contribution in [2.24, 2.45) is 12.0 Å². The number of nitrogens with zero attached hydrogens (tertiary/aromatic N) is 3. The van der Waals surface area contributed by atoms with Crippen LogP contribution < -0.4 is 10.6 Å². The number of aryl methyl sites for hydroxylation is 2. The van der Waals surface area contributed by atoms with Crippen molar-refractivity contribution in [1.29, 1.82) is 0 Å². The molecule has 27 heavy (non-hydrogen) atoms. The summed E-state index contributed by atoms with van der Waals surface area (Å²) in [6, 6.07) is 6.77. The van der Waals surface area contributed by atoms with Crippen molar-refractivity contribution in [3.05, 3.63) is 52.6 Å². The average Bonchev–Trinajstić information content (AvgIpc) is 2.83. The number of guanidine groups is 1. The van der Waals surface area contributed by atoms with Gasteiger partial charge in [0.2, 0.25) is 0 Å². The van der Waals surface area contributed by atoms with Gasteiger partial charge in [-0.15, -0.1) is 24.0 Å². The zero-order valence-electron chi connectivity index (χ0n) is 17.1. The van der Waals surface area contributed by atoms with Gasteiger partial charge in [0.25, 0.3) is 0 Å². The molecule has 7 heteroatoms. The van der Waals surface area contributed by atoms with E-state index in [1.807, 2.05) is 31.6 Å². The minimum absolute atomic E-state index is 0. The molecule has 1 heterocycles. The van der Waals surface area contributed by atoms with E-state index >= 15 is 0 Å². The molecule has 0 radical (unpaired) electrons. The fourth-order valence-corrected chi connectivity index (χ4v) is 2.86. The summed E-state index contributed by atoms with van der Waals surface area (Å²) in [6.07, 6.45) is 0. The van der Waals surface area contributed by atoms with Gasteiger partial charge in [-0.2, -0.15) is 5.10 Å². The molecule has 0 aliphatic heterocycles. The lowest BCUT2D eigenvalue weighted by Crippen LogP contribution is -2.43. The Bertz CT molecular complexity index is 783. The molecule has 0 aliphatic rings. The van der Waals surface area contributed by atoms with Crippen LogP contribution in [0.2, 0.25) is 0 Å². The molecule has 0 spiro atoms. The molecule has 0 aliphatic carbocycles. The summed E-state index contributed by atoms with van der Waals surface area (Å²) in [5.41, 5.74) is 4.01. The minimum atomic E-state index is -0.224. The first kappa shape index (κ1) is 23.4. The maximum atomic E-state index is 13.5. The Balaban J connectivity index is 0.00000364. The highest BCUT2D eigenvalue weighted by Crippen LogP contribution is 2.22. The van der Waals surface area contributed by atoms with E-state index in [2.05, 4.69) is 36.5 Å². The van der Waals surface area contributed by atoms with E-state index in [-0.39, 0.29) is 35.2 Å². The van der Waals surface area contributed by atoms with Crippen molar-refractivity contribution in [2.45, 2.75) is 46.6 Å². The monoisotopic (exact) mass is 487 g/mol. The summed E-state index contributed by atoms with van der Waals surface area (Å²) in [6.45, 7) is 12.3. The third-order valence-electron chi connectivity index (χ3n) is 4.70. The smallest absolute Gasteiger partial charge is 0.191 e. The molecule has 0 bridgehead atoms. The van der Waals surface area contributed by atoms with E-state index in [0.717, 1.165) is 35.0 Å². The second-order valence-corrected chi connectivity index (χ2v) is 7.22. The van der Waals surface area contributed by atoms with Gasteiger partial charge in [0.15, 0.2) is 5.96 Å². The average molecular weight is 487 g/mol. The quantitative estimate of drug-likeness (QED) is 0.370. The molecule has 0 saturated heterocycles. The summed E-state index contributed by atoms with van der Waals surface area (Å²) in [4.78, 5) is 4.70. The molecule has 150 valence electrons. The van der Waals surface area contributed by atoms with Crippen LogP contribution in [-0.4, -0.2) is 28.8 Å². The predicted molar refractivity (Wildman–Crippen MR) is 120 cm³/mol. The van der Waals surface area contributed by atoms with E-state index in [4.69, 9.17) is 4.99 Å². The van der Waals surface area contributed by atoms with Crippen molar-refractivity contribution in [1.82, 2.24) is 20.4 Å². The Kier molecular flexibility index (Phi) is 8.71. The molecular formula is C20H31FIN5. The van der Waals surface area contributed by atoms with Crippen LogP contribution in [0.25, 0.3) is 0 Å². The molecular weight excluding hydrogens is 456 g/mol. The summed E-state index contributed by atoms with van der Waals surface area (Å²) in [5, 5.41) is 11.1. The molecule has 5 nitrogen and oxygen atoms in total. The van der Waals surface area contributed by atoms with Crippen LogP contribution in [0.1, 0.15) is 43.3 Å². The van der Waals surface area contributed by atoms with Crippen LogP contribution in [0.3, 0.4) is 0 Å². The molecule has 2 rings (SSSR count). The van der Waals surface area contributed by atoms with Gasteiger partial charge in [-0.25, -0.2) is 9.38 Å². The van der Waals surface area contributed by atoms with E-state index in [0.29, 0.717) is 13.1 Å². The number of halogens is 2. The predicted octanol–water partition coefficient (Wildman–Crippen LogP) is 3.83. The van der Waals surface area contributed by atoms with Crippen LogP contribution in [0.15, 0.2) is 29.3 Å². The third-order valence-corrected chi connectivity index (χ3v) is 4.70. The maximum absolute atomic E-state index is 13.5. The Hall–Kier alpha value is -1.64. The van der Waals surface area contributed by atoms with Crippen LogP contribution in [-0.2, 0) is 19.0 Å². The molecule has 1 aromatic carbocycles.